The van der Waals surface area contributed by atoms with E-state index in [1.165, 1.54) is 12.8 Å². The third-order valence-electron chi connectivity index (χ3n) is 2.67. The van der Waals surface area contributed by atoms with Gasteiger partial charge < -0.3 is 8.83 Å². The van der Waals surface area contributed by atoms with Crippen molar-refractivity contribution < 1.29 is 13.6 Å². The van der Waals surface area contributed by atoms with Gasteiger partial charge in [0.05, 0.1) is 0 Å². The van der Waals surface area contributed by atoms with E-state index >= 15 is 0 Å². The fourth-order valence-corrected chi connectivity index (χ4v) is 1.74. The number of furan rings is 2. The number of unbranched alkanes of at least 4 members (excludes halogenated alkanes) is 2. The van der Waals surface area contributed by atoms with E-state index < -0.39 is 0 Å². The van der Waals surface area contributed by atoms with E-state index in [4.69, 9.17) is 8.83 Å². The predicted octanol–water partition coefficient (Wildman–Crippen LogP) is 4.08. The van der Waals surface area contributed by atoms with E-state index in [-0.39, 0.29) is 0 Å². The first-order valence-electron chi connectivity index (χ1n) is 5.97. The lowest BCUT2D eigenvalue weighted by atomic mass is 10.2. The van der Waals surface area contributed by atoms with Gasteiger partial charge in [-0.15, -0.1) is 0 Å². The van der Waals surface area contributed by atoms with E-state index in [0.29, 0.717) is 23.6 Å². The van der Waals surface area contributed by atoms with Crippen molar-refractivity contribution in [1.29, 1.82) is 0 Å². The predicted molar refractivity (Wildman–Crippen MR) is 65.0 cm³/mol. The van der Waals surface area contributed by atoms with Crippen molar-refractivity contribution in [2.24, 2.45) is 0 Å². The van der Waals surface area contributed by atoms with E-state index in [0.717, 1.165) is 18.6 Å². The van der Waals surface area contributed by atoms with Gasteiger partial charge in [0.2, 0.25) is 0 Å². The summed E-state index contributed by atoms with van der Waals surface area (Å²) in [6.45, 7) is 2.18. The zero-order valence-electron chi connectivity index (χ0n) is 9.94. The summed E-state index contributed by atoms with van der Waals surface area (Å²) < 4.78 is 11.0. The van der Waals surface area contributed by atoms with Crippen LogP contribution in [0.4, 0.5) is 0 Å². The van der Waals surface area contributed by atoms with Crippen LogP contribution in [-0.4, -0.2) is 6.29 Å². The minimum atomic E-state index is 0.323. The van der Waals surface area contributed by atoms with E-state index in [1.54, 1.807) is 12.1 Å². The summed E-state index contributed by atoms with van der Waals surface area (Å²) in [6.07, 6.45) is 5.20. The molecule has 0 amide bonds. The molecule has 3 heteroatoms. The molecule has 2 heterocycles. The van der Waals surface area contributed by atoms with Crippen molar-refractivity contribution in [3.63, 3.8) is 0 Å². The first-order chi connectivity index (χ1) is 8.33. The van der Waals surface area contributed by atoms with Gasteiger partial charge in [0.15, 0.2) is 23.6 Å². The molecule has 90 valence electrons. The topological polar surface area (TPSA) is 43.4 Å². The summed E-state index contributed by atoms with van der Waals surface area (Å²) in [7, 11) is 0. The number of hydrogen-bond donors (Lipinski definition) is 0. The van der Waals surface area contributed by atoms with Gasteiger partial charge in [0, 0.05) is 6.42 Å². The van der Waals surface area contributed by atoms with Crippen LogP contribution in [0.2, 0.25) is 0 Å². The minimum absolute atomic E-state index is 0.323. The molecule has 0 aromatic carbocycles. The van der Waals surface area contributed by atoms with Crippen LogP contribution in [0, 0.1) is 0 Å². The van der Waals surface area contributed by atoms with Crippen LogP contribution < -0.4 is 0 Å². The fourth-order valence-electron chi connectivity index (χ4n) is 1.74. The van der Waals surface area contributed by atoms with Gasteiger partial charge in [-0.25, -0.2) is 0 Å². The van der Waals surface area contributed by atoms with Crippen LogP contribution in [-0.2, 0) is 6.42 Å². The molecule has 2 aromatic rings. The first kappa shape index (κ1) is 11.7. The first-order valence-corrected chi connectivity index (χ1v) is 5.97. The van der Waals surface area contributed by atoms with Gasteiger partial charge >= 0.3 is 0 Å². The molecule has 0 saturated heterocycles. The largest absolute Gasteiger partial charge is 0.458 e. The van der Waals surface area contributed by atoms with Crippen LogP contribution in [0.3, 0.4) is 0 Å². The molecule has 0 atom stereocenters. The van der Waals surface area contributed by atoms with Crippen molar-refractivity contribution in [3.8, 4) is 11.5 Å². The average Bonchev–Trinajstić information content (AvgIpc) is 2.97. The Hall–Kier alpha value is -1.77. The zero-order valence-corrected chi connectivity index (χ0v) is 9.94. The summed E-state index contributed by atoms with van der Waals surface area (Å²) in [5.74, 6) is 2.58. The highest BCUT2D eigenvalue weighted by Crippen LogP contribution is 2.24. The highest BCUT2D eigenvalue weighted by Gasteiger charge is 2.08. The number of carbonyl (C=O) groups is 1. The fraction of sp³-hybridized carbons (Fsp3) is 0.357. The third kappa shape index (κ3) is 2.87. The molecule has 0 aliphatic rings. The summed E-state index contributed by atoms with van der Waals surface area (Å²) in [5, 5.41) is 0. The molecule has 17 heavy (non-hydrogen) atoms. The van der Waals surface area contributed by atoms with Gasteiger partial charge in [0.25, 0.3) is 0 Å². The minimum Gasteiger partial charge on any atom is -0.458 e. The summed E-state index contributed by atoms with van der Waals surface area (Å²) in [4.78, 5) is 10.5. The maximum absolute atomic E-state index is 10.5. The Morgan fingerprint density at radius 3 is 2.53 bits per heavy atom. The Balaban J connectivity index is 2.04. The molecular weight excluding hydrogens is 216 g/mol. The van der Waals surface area contributed by atoms with Gasteiger partial charge in [-0.2, -0.15) is 0 Å². The van der Waals surface area contributed by atoms with Gasteiger partial charge in [0.1, 0.15) is 5.76 Å². The molecule has 0 saturated carbocycles. The summed E-state index contributed by atoms with van der Waals surface area (Å²) in [5.41, 5.74) is 0. The van der Waals surface area contributed by atoms with E-state index in [1.807, 2.05) is 12.1 Å². The third-order valence-corrected chi connectivity index (χ3v) is 2.67. The van der Waals surface area contributed by atoms with Crippen LogP contribution in [0.5, 0.6) is 0 Å². The lowest BCUT2D eigenvalue weighted by Crippen LogP contribution is -1.80. The molecule has 3 nitrogen and oxygen atoms in total. The van der Waals surface area contributed by atoms with Gasteiger partial charge in [-0.05, 0) is 30.7 Å². The Kier molecular flexibility index (Phi) is 3.81. The molecule has 2 aromatic heterocycles. The zero-order chi connectivity index (χ0) is 12.1. The lowest BCUT2D eigenvalue weighted by molar-refractivity contribution is 0.110. The van der Waals surface area contributed by atoms with Crippen molar-refractivity contribution >= 4 is 6.29 Å². The molecule has 0 spiro atoms. The van der Waals surface area contributed by atoms with Crippen LogP contribution in [0.25, 0.3) is 11.5 Å². The number of aldehydes is 1. The highest BCUT2D eigenvalue weighted by atomic mass is 16.4. The molecule has 0 aliphatic carbocycles. The monoisotopic (exact) mass is 232 g/mol. The molecule has 0 unspecified atom stereocenters. The Morgan fingerprint density at radius 1 is 1.06 bits per heavy atom. The van der Waals surface area contributed by atoms with Crippen LogP contribution in [0.1, 0.15) is 42.5 Å². The quantitative estimate of drug-likeness (QED) is 0.556. The smallest absolute Gasteiger partial charge is 0.185 e. The molecule has 0 N–H and O–H groups in total. The Labute approximate surface area is 100 Å². The van der Waals surface area contributed by atoms with Crippen molar-refractivity contribution in [1.82, 2.24) is 0 Å². The standard InChI is InChI=1S/C14H16O3/c1-2-3-4-5-11-6-8-13(16-11)14-9-7-12(10-15)17-14/h6-10H,2-5H2,1H3. The maximum Gasteiger partial charge on any atom is 0.185 e. The van der Waals surface area contributed by atoms with E-state index in [9.17, 15) is 4.79 Å². The lowest BCUT2D eigenvalue weighted by Gasteiger charge is -1.95. The Morgan fingerprint density at radius 2 is 1.82 bits per heavy atom. The number of aryl methyl sites for hydroxylation is 1. The number of carbonyl (C=O) groups excluding carboxylic acids is 1. The van der Waals surface area contributed by atoms with Gasteiger partial charge in [-0.3, -0.25) is 4.79 Å². The molecule has 0 radical (unpaired) electrons. The maximum atomic E-state index is 10.5. The summed E-state index contributed by atoms with van der Waals surface area (Å²) >= 11 is 0. The molecule has 2 rings (SSSR count). The highest BCUT2D eigenvalue weighted by molar-refractivity contribution is 5.72. The van der Waals surface area contributed by atoms with Crippen LogP contribution in [0.15, 0.2) is 33.1 Å². The Bertz CT molecular complexity index is 479. The normalized spacial score (nSPS) is 10.6. The molecule has 0 bridgehead atoms. The number of hydrogen-bond acceptors (Lipinski definition) is 3. The summed E-state index contributed by atoms with van der Waals surface area (Å²) in [6, 6.07) is 7.24. The molecular formula is C14H16O3. The second kappa shape index (κ2) is 5.53. The molecule has 0 aliphatic heterocycles. The number of rotatable bonds is 6. The van der Waals surface area contributed by atoms with Crippen molar-refractivity contribution in [2.75, 3.05) is 0 Å². The average molecular weight is 232 g/mol. The second-order valence-electron chi connectivity index (χ2n) is 4.04. The van der Waals surface area contributed by atoms with Crippen molar-refractivity contribution in [3.05, 3.63) is 35.8 Å². The molecule has 0 fully saturated rings. The SMILES string of the molecule is CCCCCc1ccc(-c2ccc(C=O)o2)o1. The van der Waals surface area contributed by atoms with E-state index in [2.05, 4.69) is 6.92 Å². The van der Waals surface area contributed by atoms with Crippen molar-refractivity contribution in [2.45, 2.75) is 32.6 Å². The second-order valence-corrected chi connectivity index (χ2v) is 4.04. The van der Waals surface area contributed by atoms with Crippen LogP contribution >= 0.6 is 0 Å². The van der Waals surface area contributed by atoms with Gasteiger partial charge in [-0.1, -0.05) is 19.8 Å².